The molecule has 0 aliphatic heterocycles. The number of rotatable bonds is 5. The normalized spacial score (nSPS) is 10.8. The lowest BCUT2D eigenvalue weighted by molar-refractivity contribution is -0.136. The number of carbonyl (C=O) groups is 2. The van der Waals surface area contributed by atoms with Gasteiger partial charge in [-0.2, -0.15) is 0 Å². The molecule has 0 heterocycles. The Morgan fingerprint density at radius 1 is 1.43 bits per heavy atom. The molecular weight excluding hydrogens is 186 g/mol. The Bertz CT molecular complexity index is 213. The van der Waals surface area contributed by atoms with Crippen molar-refractivity contribution >= 4 is 12.1 Å². The van der Waals surface area contributed by atoms with Crippen molar-refractivity contribution in [3.05, 3.63) is 0 Å². The van der Waals surface area contributed by atoms with Crippen molar-refractivity contribution in [2.75, 3.05) is 6.54 Å². The van der Waals surface area contributed by atoms with Gasteiger partial charge in [-0.3, -0.25) is 4.79 Å². The molecule has 2 N–H and O–H groups in total. The van der Waals surface area contributed by atoms with Gasteiger partial charge in [-0.05, 0) is 20.3 Å². The van der Waals surface area contributed by atoms with Crippen molar-refractivity contribution in [3.63, 3.8) is 0 Å². The number of amides is 1. The van der Waals surface area contributed by atoms with Crippen molar-refractivity contribution in [2.45, 2.75) is 39.2 Å². The molecule has 5 nitrogen and oxygen atoms in total. The molecule has 0 spiro atoms. The molecule has 0 bridgehead atoms. The third kappa shape index (κ3) is 6.28. The van der Waals surface area contributed by atoms with Crippen LogP contribution >= 0.6 is 0 Å². The summed E-state index contributed by atoms with van der Waals surface area (Å²) in [6.07, 6.45) is 0.957. The van der Waals surface area contributed by atoms with Crippen molar-refractivity contribution in [1.82, 2.24) is 5.32 Å². The maximum Gasteiger partial charge on any atom is 0.408 e. The minimum Gasteiger partial charge on any atom is -0.480 e. The number of hydrogen-bond acceptors (Lipinski definition) is 3. The molecule has 0 saturated heterocycles. The minimum atomic E-state index is -1.09. The Hall–Kier alpha value is -1.26. The van der Waals surface area contributed by atoms with Crippen molar-refractivity contribution in [1.29, 1.82) is 0 Å². The molecule has 1 amide bonds. The van der Waals surface area contributed by atoms with Crippen LogP contribution in [0.25, 0.3) is 0 Å². The SMILES string of the molecule is CCCC(C)(C)OC(=O)NCC(=O)O. The first-order valence-electron chi connectivity index (χ1n) is 4.56. The number of carboxylic acid groups (broad SMARTS) is 1. The highest BCUT2D eigenvalue weighted by Crippen LogP contribution is 2.16. The summed E-state index contributed by atoms with van der Waals surface area (Å²) in [6.45, 7) is 5.15. The summed E-state index contributed by atoms with van der Waals surface area (Å²) in [7, 11) is 0. The van der Waals surface area contributed by atoms with E-state index in [0.717, 1.165) is 12.8 Å². The monoisotopic (exact) mass is 203 g/mol. The molecule has 0 aromatic rings. The summed E-state index contributed by atoms with van der Waals surface area (Å²) in [5.41, 5.74) is -0.544. The van der Waals surface area contributed by atoms with Gasteiger partial charge in [0.15, 0.2) is 0 Å². The van der Waals surface area contributed by atoms with Gasteiger partial charge in [0, 0.05) is 0 Å². The quantitative estimate of drug-likeness (QED) is 0.707. The van der Waals surface area contributed by atoms with Gasteiger partial charge in [0.05, 0.1) is 0 Å². The Kier molecular flexibility index (Phi) is 4.97. The van der Waals surface area contributed by atoms with Crippen LogP contribution in [0.15, 0.2) is 0 Å². The second-order valence-electron chi connectivity index (χ2n) is 3.65. The summed E-state index contributed by atoms with van der Waals surface area (Å²) >= 11 is 0. The van der Waals surface area contributed by atoms with Crippen LogP contribution < -0.4 is 5.32 Å². The third-order valence-corrected chi connectivity index (χ3v) is 1.61. The van der Waals surface area contributed by atoms with E-state index in [1.54, 1.807) is 13.8 Å². The van der Waals surface area contributed by atoms with E-state index in [1.165, 1.54) is 0 Å². The lowest BCUT2D eigenvalue weighted by Crippen LogP contribution is -2.36. The van der Waals surface area contributed by atoms with E-state index in [2.05, 4.69) is 5.32 Å². The molecule has 82 valence electrons. The van der Waals surface area contributed by atoms with E-state index < -0.39 is 24.2 Å². The number of aliphatic carboxylic acids is 1. The Balaban J connectivity index is 3.86. The minimum absolute atomic E-state index is 0.416. The fourth-order valence-electron chi connectivity index (χ4n) is 1.09. The smallest absolute Gasteiger partial charge is 0.408 e. The molecule has 0 aliphatic carbocycles. The zero-order valence-corrected chi connectivity index (χ0v) is 8.79. The Morgan fingerprint density at radius 3 is 2.43 bits per heavy atom. The van der Waals surface area contributed by atoms with E-state index in [1.807, 2.05) is 6.92 Å². The number of alkyl carbamates (subject to hydrolysis) is 1. The summed E-state index contributed by atoms with van der Waals surface area (Å²) in [4.78, 5) is 21.2. The van der Waals surface area contributed by atoms with Gasteiger partial charge in [0.25, 0.3) is 0 Å². The molecule has 0 radical (unpaired) electrons. The maximum absolute atomic E-state index is 11.0. The molecule has 0 unspecified atom stereocenters. The zero-order chi connectivity index (χ0) is 11.2. The zero-order valence-electron chi connectivity index (χ0n) is 8.79. The molecule has 0 fully saturated rings. The van der Waals surface area contributed by atoms with Gasteiger partial charge in [-0.25, -0.2) is 4.79 Å². The van der Waals surface area contributed by atoms with Gasteiger partial charge >= 0.3 is 12.1 Å². The second-order valence-corrected chi connectivity index (χ2v) is 3.65. The van der Waals surface area contributed by atoms with Gasteiger partial charge in [0.2, 0.25) is 0 Å². The molecule has 0 saturated carbocycles. The van der Waals surface area contributed by atoms with Crippen LogP contribution in [0.2, 0.25) is 0 Å². The first-order chi connectivity index (χ1) is 6.37. The second kappa shape index (κ2) is 5.47. The number of nitrogens with one attached hydrogen (secondary N) is 1. The molecule has 0 aromatic carbocycles. The molecule has 0 atom stereocenters. The van der Waals surface area contributed by atoms with Crippen LogP contribution in [0.5, 0.6) is 0 Å². The molecule has 0 aromatic heterocycles. The highest BCUT2D eigenvalue weighted by atomic mass is 16.6. The summed E-state index contributed by atoms with van der Waals surface area (Å²) in [6, 6.07) is 0. The van der Waals surface area contributed by atoms with E-state index in [-0.39, 0.29) is 0 Å². The van der Waals surface area contributed by atoms with Crippen LogP contribution in [0.4, 0.5) is 4.79 Å². The van der Waals surface area contributed by atoms with Crippen LogP contribution in [0.3, 0.4) is 0 Å². The van der Waals surface area contributed by atoms with E-state index in [9.17, 15) is 9.59 Å². The lowest BCUT2D eigenvalue weighted by Gasteiger charge is -2.24. The van der Waals surface area contributed by atoms with Crippen LogP contribution in [-0.2, 0) is 9.53 Å². The summed E-state index contributed by atoms with van der Waals surface area (Å²) in [5, 5.41) is 10.4. The van der Waals surface area contributed by atoms with Crippen LogP contribution in [-0.4, -0.2) is 29.3 Å². The predicted octanol–water partition coefficient (Wildman–Crippen LogP) is 1.38. The van der Waals surface area contributed by atoms with Gasteiger partial charge in [-0.1, -0.05) is 13.3 Å². The predicted molar refractivity (Wildman–Crippen MR) is 51.1 cm³/mol. The van der Waals surface area contributed by atoms with E-state index in [0.29, 0.717) is 0 Å². The van der Waals surface area contributed by atoms with E-state index >= 15 is 0 Å². The topological polar surface area (TPSA) is 75.6 Å². The fourth-order valence-corrected chi connectivity index (χ4v) is 1.09. The molecular formula is C9H17NO4. The van der Waals surface area contributed by atoms with Gasteiger partial charge in [0.1, 0.15) is 12.1 Å². The highest BCUT2D eigenvalue weighted by Gasteiger charge is 2.21. The van der Waals surface area contributed by atoms with Gasteiger partial charge < -0.3 is 15.2 Å². The third-order valence-electron chi connectivity index (χ3n) is 1.61. The van der Waals surface area contributed by atoms with Crippen LogP contribution in [0.1, 0.15) is 33.6 Å². The molecule has 5 heteroatoms. The van der Waals surface area contributed by atoms with Crippen molar-refractivity contribution < 1.29 is 19.4 Å². The lowest BCUT2D eigenvalue weighted by atomic mass is 10.0. The Morgan fingerprint density at radius 2 is 2.00 bits per heavy atom. The number of carboxylic acids is 1. The average molecular weight is 203 g/mol. The largest absolute Gasteiger partial charge is 0.480 e. The average Bonchev–Trinajstić information content (AvgIpc) is 1.99. The van der Waals surface area contributed by atoms with E-state index in [4.69, 9.17) is 9.84 Å². The van der Waals surface area contributed by atoms with Crippen molar-refractivity contribution in [2.24, 2.45) is 0 Å². The molecule has 0 rings (SSSR count). The highest BCUT2D eigenvalue weighted by molar-refractivity contribution is 5.76. The first kappa shape index (κ1) is 12.7. The summed E-state index contributed by atoms with van der Waals surface area (Å²) in [5.74, 6) is -1.09. The number of ether oxygens (including phenoxy) is 1. The number of hydrogen-bond donors (Lipinski definition) is 2. The van der Waals surface area contributed by atoms with Crippen molar-refractivity contribution in [3.8, 4) is 0 Å². The fraction of sp³-hybridized carbons (Fsp3) is 0.778. The Labute approximate surface area is 83.4 Å². The number of carbonyl (C=O) groups excluding carboxylic acids is 1. The standard InChI is InChI=1S/C9H17NO4/c1-4-5-9(2,3)14-8(13)10-6-7(11)12/h4-6H2,1-3H3,(H,10,13)(H,11,12). The van der Waals surface area contributed by atoms with Gasteiger partial charge in [-0.15, -0.1) is 0 Å². The summed E-state index contributed by atoms with van der Waals surface area (Å²) < 4.78 is 5.02. The van der Waals surface area contributed by atoms with Crippen LogP contribution in [0, 0.1) is 0 Å². The molecule has 14 heavy (non-hydrogen) atoms. The first-order valence-corrected chi connectivity index (χ1v) is 4.56. The molecule has 0 aliphatic rings. The maximum atomic E-state index is 11.0.